The summed E-state index contributed by atoms with van der Waals surface area (Å²) in [6.45, 7) is 8.08. The smallest absolute Gasteiger partial charge is 0.245 e. The average molecular weight is 292 g/mol. The summed E-state index contributed by atoms with van der Waals surface area (Å²) in [5.74, 6) is 0.825. The molecular weight excluding hydrogens is 268 g/mol. The molecule has 21 heavy (non-hydrogen) atoms. The van der Waals surface area contributed by atoms with Crippen LogP contribution >= 0.6 is 0 Å². The van der Waals surface area contributed by atoms with Crippen LogP contribution in [0.2, 0.25) is 0 Å². The van der Waals surface area contributed by atoms with E-state index in [4.69, 9.17) is 4.74 Å². The van der Waals surface area contributed by atoms with E-state index in [1.807, 2.05) is 24.1 Å². The van der Waals surface area contributed by atoms with Crippen LogP contribution in [0.3, 0.4) is 0 Å². The number of hydrogen-bond acceptors (Lipinski definition) is 5. The molecule has 1 aromatic rings. The summed E-state index contributed by atoms with van der Waals surface area (Å²) in [6, 6.07) is 3.73. The van der Waals surface area contributed by atoms with Gasteiger partial charge >= 0.3 is 0 Å². The number of carbonyl (C=O) groups is 1. The highest BCUT2D eigenvalue weighted by molar-refractivity contribution is 5.85. The number of nitrogens with zero attached hydrogens (tertiary/aromatic N) is 2. The summed E-state index contributed by atoms with van der Waals surface area (Å²) in [7, 11) is 0. The van der Waals surface area contributed by atoms with Gasteiger partial charge in [0, 0.05) is 25.8 Å². The van der Waals surface area contributed by atoms with Crippen molar-refractivity contribution in [2.45, 2.75) is 26.4 Å². The lowest BCUT2D eigenvalue weighted by atomic mass is 10.2. The number of nitrogens with one attached hydrogen (secondary N) is 2. The molecule has 6 heteroatoms. The molecule has 0 bridgehead atoms. The zero-order chi connectivity index (χ0) is 15.1. The molecule has 116 valence electrons. The standard InChI is InChI=1S/C15H24N4O2/c1-3-16-9-12-5-6-14(18-10-12)19-7-8-21-11-13(19)15(20)17-4-2/h5-6,10,13,16H,3-4,7-9,11H2,1-2H3,(H,17,20). The second kappa shape index (κ2) is 7.95. The fourth-order valence-corrected chi connectivity index (χ4v) is 2.35. The lowest BCUT2D eigenvalue weighted by Crippen LogP contribution is -2.54. The third-order valence-corrected chi connectivity index (χ3v) is 3.46. The second-order valence-corrected chi connectivity index (χ2v) is 4.98. The Morgan fingerprint density at radius 2 is 2.29 bits per heavy atom. The molecule has 1 fully saturated rings. The summed E-state index contributed by atoms with van der Waals surface area (Å²) < 4.78 is 5.44. The quantitative estimate of drug-likeness (QED) is 0.801. The van der Waals surface area contributed by atoms with Gasteiger partial charge in [-0.05, 0) is 25.1 Å². The molecule has 2 heterocycles. The minimum Gasteiger partial charge on any atom is -0.377 e. The summed E-state index contributed by atoms with van der Waals surface area (Å²) in [6.07, 6.45) is 1.86. The molecule has 1 unspecified atom stereocenters. The SMILES string of the molecule is CCNCc1ccc(N2CCOCC2C(=O)NCC)nc1. The molecule has 1 saturated heterocycles. The number of amides is 1. The first-order valence-electron chi connectivity index (χ1n) is 7.54. The molecule has 0 spiro atoms. The summed E-state index contributed by atoms with van der Waals surface area (Å²) in [5.41, 5.74) is 1.14. The number of pyridine rings is 1. The molecule has 1 aliphatic rings. The summed E-state index contributed by atoms with van der Waals surface area (Å²) in [5, 5.41) is 6.13. The van der Waals surface area contributed by atoms with Gasteiger partial charge in [-0.2, -0.15) is 0 Å². The number of anilines is 1. The number of ether oxygens (including phenoxy) is 1. The van der Waals surface area contributed by atoms with E-state index < -0.39 is 0 Å². The Kier molecular flexibility index (Phi) is 5.95. The Morgan fingerprint density at radius 3 is 2.95 bits per heavy atom. The van der Waals surface area contributed by atoms with E-state index in [-0.39, 0.29) is 11.9 Å². The molecule has 1 aliphatic heterocycles. The first kappa shape index (κ1) is 15.7. The van der Waals surface area contributed by atoms with Crippen LogP contribution in [0.4, 0.5) is 5.82 Å². The normalized spacial score (nSPS) is 18.6. The van der Waals surface area contributed by atoms with Crippen LogP contribution in [0.15, 0.2) is 18.3 Å². The summed E-state index contributed by atoms with van der Waals surface area (Å²) >= 11 is 0. The second-order valence-electron chi connectivity index (χ2n) is 4.98. The van der Waals surface area contributed by atoms with Crippen molar-refractivity contribution in [3.63, 3.8) is 0 Å². The van der Waals surface area contributed by atoms with E-state index >= 15 is 0 Å². The van der Waals surface area contributed by atoms with Crippen molar-refractivity contribution in [3.8, 4) is 0 Å². The Labute approximate surface area is 125 Å². The van der Waals surface area contributed by atoms with Crippen molar-refractivity contribution in [2.75, 3.05) is 37.7 Å². The average Bonchev–Trinajstić information content (AvgIpc) is 2.53. The van der Waals surface area contributed by atoms with E-state index in [0.717, 1.165) is 24.5 Å². The van der Waals surface area contributed by atoms with Gasteiger partial charge in [0.05, 0.1) is 13.2 Å². The van der Waals surface area contributed by atoms with Crippen molar-refractivity contribution in [2.24, 2.45) is 0 Å². The molecule has 2 N–H and O–H groups in total. The van der Waals surface area contributed by atoms with Gasteiger partial charge in [0.1, 0.15) is 11.9 Å². The molecular formula is C15H24N4O2. The predicted molar refractivity (Wildman–Crippen MR) is 82.3 cm³/mol. The van der Waals surface area contributed by atoms with Crippen LogP contribution < -0.4 is 15.5 Å². The monoisotopic (exact) mass is 292 g/mol. The Balaban J connectivity index is 2.08. The molecule has 0 aliphatic carbocycles. The van der Waals surface area contributed by atoms with E-state index in [1.165, 1.54) is 0 Å². The highest BCUT2D eigenvalue weighted by atomic mass is 16.5. The molecule has 1 atom stereocenters. The van der Waals surface area contributed by atoms with Crippen molar-refractivity contribution < 1.29 is 9.53 Å². The first-order chi connectivity index (χ1) is 10.3. The lowest BCUT2D eigenvalue weighted by molar-refractivity contribution is -0.124. The first-order valence-corrected chi connectivity index (χ1v) is 7.54. The highest BCUT2D eigenvalue weighted by Gasteiger charge is 2.29. The van der Waals surface area contributed by atoms with E-state index in [1.54, 1.807) is 0 Å². The molecule has 0 aromatic carbocycles. The highest BCUT2D eigenvalue weighted by Crippen LogP contribution is 2.17. The van der Waals surface area contributed by atoms with E-state index in [9.17, 15) is 4.79 Å². The third kappa shape index (κ3) is 4.15. The van der Waals surface area contributed by atoms with Gasteiger partial charge in [-0.25, -0.2) is 4.98 Å². The number of likely N-dealkylation sites (N-methyl/N-ethyl adjacent to an activating group) is 1. The van der Waals surface area contributed by atoms with E-state index in [0.29, 0.717) is 26.3 Å². The Morgan fingerprint density at radius 1 is 1.43 bits per heavy atom. The predicted octanol–water partition coefficient (Wildman–Crippen LogP) is 0.532. The van der Waals surface area contributed by atoms with Crippen LogP contribution in [0.5, 0.6) is 0 Å². The van der Waals surface area contributed by atoms with Gasteiger partial charge in [-0.15, -0.1) is 0 Å². The van der Waals surface area contributed by atoms with Crippen molar-refractivity contribution >= 4 is 11.7 Å². The largest absolute Gasteiger partial charge is 0.377 e. The molecule has 0 saturated carbocycles. The van der Waals surface area contributed by atoms with Crippen molar-refractivity contribution in [1.29, 1.82) is 0 Å². The van der Waals surface area contributed by atoms with Gasteiger partial charge in [-0.1, -0.05) is 13.0 Å². The topological polar surface area (TPSA) is 66.5 Å². The molecule has 1 aromatic heterocycles. The Hall–Kier alpha value is -1.66. The number of hydrogen-bond donors (Lipinski definition) is 2. The van der Waals surface area contributed by atoms with Crippen LogP contribution in [0.25, 0.3) is 0 Å². The number of aromatic nitrogens is 1. The minimum absolute atomic E-state index is 0.00396. The number of carbonyl (C=O) groups excluding carboxylic acids is 1. The maximum atomic E-state index is 12.1. The van der Waals surface area contributed by atoms with Crippen LogP contribution in [-0.4, -0.2) is 49.8 Å². The summed E-state index contributed by atoms with van der Waals surface area (Å²) in [4.78, 5) is 18.6. The fourth-order valence-electron chi connectivity index (χ4n) is 2.35. The number of morpholine rings is 1. The fraction of sp³-hybridized carbons (Fsp3) is 0.600. The zero-order valence-corrected chi connectivity index (χ0v) is 12.8. The van der Waals surface area contributed by atoms with E-state index in [2.05, 4.69) is 28.6 Å². The van der Waals surface area contributed by atoms with Crippen molar-refractivity contribution in [3.05, 3.63) is 23.9 Å². The molecule has 1 amide bonds. The third-order valence-electron chi connectivity index (χ3n) is 3.46. The molecule has 2 rings (SSSR count). The molecule has 6 nitrogen and oxygen atoms in total. The minimum atomic E-state index is -0.300. The van der Waals surface area contributed by atoms with Crippen LogP contribution in [-0.2, 0) is 16.1 Å². The van der Waals surface area contributed by atoms with Crippen molar-refractivity contribution in [1.82, 2.24) is 15.6 Å². The van der Waals surface area contributed by atoms with Crippen LogP contribution in [0.1, 0.15) is 19.4 Å². The lowest BCUT2D eigenvalue weighted by Gasteiger charge is -2.35. The van der Waals surface area contributed by atoms with Gasteiger partial charge in [0.25, 0.3) is 0 Å². The van der Waals surface area contributed by atoms with Crippen LogP contribution in [0, 0.1) is 0 Å². The van der Waals surface area contributed by atoms with Gasteiger partial charge in [0.15, 0.2) is 0 Å². The van der Waals surface area contributed by atoms with Gasteiger partial charge < -0.3 is 20.3 Å². The Bertz CT molecular complexity index is 449. The van der Waals surface area contributed by atoms with Gasteiger partial charge in [0.2, 0.25) is 5.91 Å². The zero-order valence-electron chi connectivity index (χ0n) is 12.8. The maximum Gasteiger partial charge on any atom is 0.245 e. The van der Waals surface area contributed by atoms with Gasteiger partial charge in [-0.3, -0.25) is 4.79 Å². The maximum absolute atomic E-state index is 12.1. The molecule has 0 radical (unpaired) electrons. The number of rotatable bonds is 6.